The average Bonchev–Trinajstić information content (AvgIpc) is 2.69. The second-order valence-electron chi connectivity index (χ2n) is 5.74. The van der Waals surface area contributed by atoms with E-state index in [1.165, 1.54) is 36.7 Å². The smallest absolute Gasteiger partial charge is 0.264 e. The Bertz CT molecular complexity index is 1050. The lowest BCUT2D eigenvalue weighted by atomic mass is 10.1. The minimum absolute atomic E-state index is 0.0170. The summed E-state index contributed by atoms with van der Waals surface area (Å²) in [6, 6.07) is 14.6. The molecule has 2 aromatic carbocycles. The van der Waals surface area contributed by atoms with Crippen LogP contribution in [0.4, 0.5) is 11.6 Å². The van der Waals surface area contributed by atoms with Gasteiger partial charge in [0.15, 0.2) is 0 Å². The van der Waals surface area contributed by atoms with Crippen LogP contribution in [0.1, 0.15) is 5.56 Å². The van der Waals surface area contributed by atoms with Crippen molar-refractivity contribution >= 4 is 27.6 Å². The largest absolute Gasteiger partial charge is 0.496 e. The van der Waals surface area contributed by atoms with Gasteiger partial charge < -0.3 is 10.1 Å². The summed E-state index contributed by atoms with van der Waals surface area (Å²) in [6.45, 7) is 0. The molecule has 9 heteroatoms. The van der Waals surface area contributed by atoms with Crippen LogP contribution in [-0.2, 0) is 21.2 Å². The van der Waals surface area contributed by atoms with Crippen LogP contribution < -0.4 is 14.8 Å². The lowest BCUT2D eigenvalue weighted by Crippen LogP contribution is -2.16. The zero-order valence-corrected chi connectivity index (χ0v) is 15.8. The molecule has 1 amide bonds. The van der Waals surface area contributed by atoms with Crippen molar-refractivity contribution in [3.8, 4) is 5.75 Å². The van der Waals surface area contributed by atoms with Gasteiger partial charge in [0.05, 0.1) is 18.4 Å². The molecule has 0 aliphatic carbocycles. The fourth-order valence-corrected chi connectivity index (χ4v) is 3.43. The molecule has 1 aromatic heterocycles. The summed E-state index contributed by atoms with van der Waals surface area (Å²) >= 11 is 0. The maximum absolute atomic E-state index is 12.4. The van der Waals surface area contributed by atoms with E-state index in [0.717, 1.165) is 5.56 Å². The van der Waals surface area contributed by atoms with Crippen molar-refractivity contribution in [1.29, 1.82) is 0 Å². The summed E-state index contributed by atoms with van der Waals surface area (Å²) in [5.41, 5.74) is 1.24. The number of rotatable bonds is 7. The second kappa shape index (κ2) is 8.49. The van der Waals surface area contributed by atoms with Gasteiger partial charge in [0, 0.05) is 23.6 Å². The number of hydrogen-bond donors (Lipinski definition) is 2. The molecule has 0 bridgehead atoms. The Morgan fingerprint density at radius 2 is 1.68 bits per heavy atom. The van der Waals surface area contributed by atoms with E-state index < -0.39 is 10.0 Å². The van der Waals surface area contributed by atoms with Crippen LogP contribution in [-0.4, -0.2) is 31.4 Å². The van der Waals surface area contributed by atoms with Gasteiger partial charge in [-0.25, -0.2) is 23.1 Å². The Morgan fingerprint density at radius 3 is 2.36 bits per heavy atom. The molecule has 1 heterocycles. The van der Waals surface area contributed by atoms with E-state index >= 15 is 0 Å². The second-order valence-corrected chi connectivity index (χ2v) is 7.42. The summed E-state index contributed by atoms with van der Waals surface area (Å²) in [5, 5.41) is 2.74. The molecule has 0 atom stereocenters. The highest BCUT2D eigenvalue weighted by molar-refractivity contribution is 7.92. The van der Waals surface area contributed by atoms with Crippen LogP contribution in [0.5, 0.6) is 5.75 Å². The van der Waals surface area contributed by atoms with Crippen molar-refractivity contribution in [1.82, 2.24) is 9.97 Å². The highest BCUT2D eigenvalue weighted by atomic mass is 32.2. The highest BCUT2D eigenvalue weighted by Crippen LogP contribution is 2.19. The number of para-hydroxylation sites is 1. The van der Waals surface area contributed by atoms with E-state index in [4.69, 9.17) is 4.74 Å². The van der Waals surface area contributed by atoms with E-state index in [1.807, 2.05) is 18.2 Å². The van der Waals surface area contributed by atoms with Crippen LogP contribution >= 0.6 is 0 Å². The number of sulfonamides is 1. The maximum Gasteiger partial charge on any atom is 0.264 e. The molecule has 0 radical (unpaired) electrons. The summed E-state index contributed by atoms with van der Waals surface area (Å²) in [7, 11) is -2.27. The first kappa shape index (κ1) is 19.3. The molecule has 144 valence electrons. The number of hydrogen-bond acceptors (Lipinski definition) is 6. The van der Waals surface area contributed by atoms with E-state index in [0.29, 0.717) is 11.4 Å². The topological polar surface area (TPSA) is 110 Å². The molecule has 0 aliphatic heterocycles. The standard InChI is InChI=1S/C19H18N4O4S/c1-27-17-6-3-2-5-14(17)13-18(24)22-15-7-9-16(10-8-15)28(25,26)23-19-20-11-4-12-21-19/h2-12H,13H2,1H3,(H,22,24)(H,20,21,23). The Morgan fingerprint density at radius 1 is 1.00 bits per heavy atom. The SMILES string of the molecule is COc1ccccc1CC(=O)Nc1ccc(S(=O)(=O)Nc2ncccn2)cc1. The average molecular weight is 398 g/mol. The third-order valence-corrected chi connectivity index (χ3v) is 5.13. The summed E-state index contributed by atoms with van der Waals surface area (Å²) < 4.78 is 32.2. The van der Waals surface area contributed by atoms with Gasteiger partial charge in [-0.3, -0.25) is 4.79 Å². The van der Waals surface area contributed by atoms with Crippen LogP contribution in [0.3, 0.4) is 0 Å². The van der Waals surface area contributed by atoms with Crippen molar-refractivity contribution < 1.29 is 17.9 Å². The van der Waals surface area contributed by atoms with Gasteiger partial charge in [0.1, 0.15) is 5.75 Å². The molecule has 8 nitrogen and oxygen atoms in total. The lowest BCUT2D eigenvalue weighted by molar-refractivity contribution is -0.115. The molecule has 0 spiro atoms. The van der Waals surface area contributed by atoms with Gasteiger partial charge in [-0.05, 0) is 36.4 Å². The predicted octanol–water partition coefficient (Wildman–Crippen LogP) is 2.47. The summed E-state index contributed by atoms with van der Waals surface area (Å²) in [4.78, 5) is 20.0. The molecule has 0 saturated heterocycles. The number of ether oxygens (including phenoxy) is 1. The number of methoxy groups -OCH3 is 1. The lowest BCUT2D eigenvalue weighted by Gasteiger charge is -2.10. The number of anilines is 2. The molecule has 3 aromatic rings. The van der Waals surface area contributed by atoms with Gasteiger partial charge in [-0.15, -0.1) is 0 Å². The van der Waals surface area contributed by atoms with E-state index in [2.05, 4.69) is 20.0 Å². The molecular formula is C19H18N4O4S. The Balaban J connectivity index is 1.66. The first-order valence-electron chi connectivity index (χ1n) is 8.29. The van der Waals surface area contributed by atoms with E-state index in [9.17, 15) is 13.2 Å². The molecule has 0 saturated carbocycles. The molecule has 2 N–H and O–H groups in total. The monoisotopic (exact) mass is 398 g/mol. The van der Waals surface area contributed by atoms with E-state index in [1.54, 1.807) is 19.2 Å². The zero-order chi connectivity index (χ0) is 20.0. The zero-order valence-electron chi connectivity index (χ0n) is 15.0. The van der Waals surface area contributed by atoms with Gasteiger partial charge in [-0.1, -0.05) is 18.2 Å². The van der Waals surface area contributed by atoms with Crippen molar-refractivity contribution in [2.75, 3.05) is 17.1 Å². The van der Waals surface area contributed by atoms with Gasteiger partial charge >= 0.3 is 0 Å². The molecule has 3 rings (SSSR count). The van der Waals surface area contributed by atoms with Crippen LogP contribution in [0.15, 0.2) is 71.9 Å². The summed E-state index contributed by atoms with van der Waals surface area (Å²) in [5.74, 6) is 0.376. The van der Waals surface area contributed by atoms with Gasteiger partial charge in [0.25, 0.3) is 10.0 Å². The first-order chi connectivity index (χ1) is 13.5. The van der Waals surface area contributed by atoms with Crippen LogP contribution in [0.25, 0.3) is 0 Å². The Kier molecular flexibility index (Phi) is 5.85. The number of aromatic nitrogens is 2. The van der Waals surface area contributed by atoms with Crippen LogP contribution in [0.2, 0.25) is 0 Å². The first-order valence-corrected chi connectivity index (χ1v) is 9.78. The minimum Gasteiger partial charge on any atom is -0.496 e. The van der Waals surface area contributed by atoms with Gasteiger partial charge in [0.2, 0.25) is 11.9 Å². The molecule has 0 fully saturated rings. The predicted molar refractivity (Wildman–Crippen MR) is 105 cm³/mol. The fourth-order valence-electron chi connectivity index (χ4n) is 2.48. The van der Waals surface area contributed by atoms with Crippen molar-refractivity contribution in [3.05, 3.63) is 72.6 Å². The molecule has 0 aliphatic rings. The van der Waals surface area contributed by atoms with Gasteiger partial charge in [-0.2, -0.15) is 0 Å². The molecule has 0 unspecified atom stereocenters. The Labute approximate surface area is 162 Å². The number of carbonyl (C=O) groups is 1. The summed E-state index contributed by atoms with van der Waals surface area (Å²) in [6.07, 6.45) is 3.01. The van der Waals surface area contributed by atoms with Crippen molar-refractivity contribution in [2.45, 2.75) is 11.3 Å². The Hall–Kier alpha value is -3.46. The number of amides is 1. The minimum atomic E-state index is -3.82. The van der Waals surface area contributed by atoms with Crippen molar-refractivity contribution in [2.24, 2.45) is 0 Å². The fraction of sp³-hybridized carbons (Fsp3) is 0.105. The number of benzene rings is 2. The highest BCUT2D eigenvalue weighted by Gasteiger charge is 2.16. The number of nitrogens with one attached hydrogen (secondary N) is 2. The van der Waals surface area contributed by atoms with E-state index in [-0.39, 0.29) is 23.2 Å². The van der Waals surface area contributed by atoms with Crippen molar-refractivity contribution in [3.63, 3.8) is 0 Å². The maximum atomic E-state index is 12.4. The normalized spacial score (nSPS) is 10.9. The third-order valence-electron chi connectivity index (χ3n) is 3.78. The van der Waals surface area contributed by atoms with Crippen LogP contribution in [0, 0.1) is 0 Å². The molecular weight excluding hydrogens is 380 g/mol. The third kappa shape index (κ3) is 4.83. The quantitative estimate of drug-likeness (QED) is 0.633. The number of nitrogens with zero attached hydrogens (tertiary/aromatic N) is 2. The molecule has 28 heavy (non-hydrogen) atoms. The number of carbonyl (C=O) groups excluding carboxylic acids is 1.